The molecule has 1 unspecified atom stereocenters. The highest BCUT2D eigenvalue weighted by Crippen LogP contribution is 2.30. The molecule has 6 nitrogen and oxygen atoms in total. The van der Waals surface area contributed by atoms with Gasteiger partial charge in [0.2, 0.25) is 0 Å². The summed E-state index contributed by atoms with van der Waals surface area (Å²) in [7, 11) is 0. The van der Waals surface area contributed by atoms with E-state index >= 15 is 0 Å². The molecule has 0 bridgehead atoms. The quantitative estimate of drug-likeness (QED) is 0.832. The zero-order chi connectivity index (χ0) is 18.5. The van der Waals surface area contributed by atoms with Gasteiger partial charge in [-0.2, -0.15) is 0 Å². The van der Waals surface area contributed by atoms with Crippen molar-refractivity contribution in [1.29, 1.82) is 0 Å². The second-order valence-corrected chi connectivity index (χ2v) is 7.96. The molecule has 2 amide bonds. The Balaban J connectivity index is 1.27. The van der Waals surface area contributed by atoms with Crippen molar-refractivity contribution in [3.63, 3.8) is 0 Å². The van der Waals surface area contributed by atoms with Crippen LogP contribution in [-0.2, 0) is 4.74 Å². The van der Waals surface area contributed by atoms with Crippen LogP contribution in [0, 0.1) is 5.92 Å². The number of benzene rings is 1. The molecule has 4 rings (SSSR count). The van der Waals surface area contributed by atoms with Crippen molar-refractivity contribution in [2.45, 2.75) is 38.2 Å². The number of rotatable bonds is 6. The summed E-state index contributed by atoms with van der Waals surface area (Å²) in [5, 5.41) is 3.04. The number of anilines is 1. The van der Waals surface area contributed by atoms with Crippen LogP contribution >= 0.6 is 0 Å². The van der Waals surface area contributed by atoms with Crippen molar-refractivity contribution in [3.8, 4) is 5.75 Å². The third kappa shape index (κ3) is 5.36. The van der Waals surface area contributed by atoms with E-state index in [2.05, 4.69) is 10.2 Å². The van der Waals surface area contributed by atoms with Crippen molar-refractivity contribution in [1.82, 2.24) is 9.80 Å². The topological polar surface area (TPSA) is 54.0 Å². The average Bonchev–Trinajstić information content (AvgIpc) is 3.53. The largest absolute Gasteiger partial charge is 0.489 e. The van der Waals surface area contributed by atoms with Gasteiger partial charge < -0.3 is 19.7 Å². The van der Waals surface area contributed by atoms with Gasteiger partial charge in [-0.3, -0.25) is 4.90 Å². The zero-order valence-electron chi connectivity index (χ0n) is 16.1. The van der Waals surface area contributed by atoms with Crippen molar-refractivity contribution in [2.24, 2.45) is 5.92 Å². The number of ether oxygens (including phenoxy) is 2. The number of carbonyl (C=O) groups excluding carboxylic acids is 1. The number of hydrogen-bond donors (Lipinski definition) is 1. The van der Waals surface area contributed by atoms with E-state index in [0.29, 0.717) is 12.4 Å². The highest BCUT2D eigenvalue weighted by atomic mass is 16.5. The number of piperazine rings is 1. The van der Waals surface area contributed by atoms with E-state index in [0.717, 1.165) is 57.2 Å². The van der Waals surface area contributed by atoms with Crippen molar-refractivity contribution in [3.05, 3.63) is 24.3 Å². The second-order valence-electron chi connectivity index (χ2n) is 7.96. The van der Waals surface area contributed by atoms with Crippen LogP contribution in [0.5, 0.6) is 5.75 Å². The van der Waals surface area contributed by atoms with Crippen LogP contribution in [0.15, 0.2) is 24.3 Å². The standard InChI is InChI=1S/C21H31N3O3/c25-21(24-12-10-23(11-13-24)15-17-8-9-17)22-19-6-1-2-7-20(19)27-16-18-5-3-4-14-26-18/h1-2,6-7,17-18H,3-5,8-16H2,(H,22,25). The normalized spacial score (nSPS) is 23.9. The van der Waals surface area contributed by atoms with Crippen LogP contribution in [-0.4, -0.2) is 67.9 Å². The number of hydrogen-bond acceptors (Lipinski definition) is 4. The summed E-state index contributed by atoms with van der Waals surface area (Å²) >= 11 is 0. The minimum atomic E-state index is -0.0361. The molecule has 0 aromatic heterocycles. The fourth-order valence-corrected chi connectivity index (χ4v) is 3.81. The molecule has 1 N–H and O–H groups in total. The Hall–Kier alpha value is -1.79. The van der Waals surface area contributed by atoms with E-state index in [1.54, 1.807) is 0 Å². The number of nitrogens with zero attached hydrogens (tertiary/aromatic N) is 2. The Morgan fingerprint density at radius 3 is 2.67 bits per heavy atom. The Morgan fingerprint density at radius 2 is 1.93 bits per heavy atom. The number of para-hydroxylation sites is 2. The van der Waals surface area contributed by atoms with Crippen LogP contribution in [0.4, 0.5) is 10.5 Å². The van der Waals surface area contributed by atoms with Gasteiger partial charge in [-0.05, 0) is 50.2 Å². The molecule has 0 spiro atoms. The summed E-state index contributed by atoms with van der Waals surface area (Å²) in [5.41, 5.74) is 0.735. The molecule has 1 aliphatic carbocycles. The molecule has 3 fully saturated rings. The fourth-order valence-electron chi connectivity index (χ4n) is 3.81. The highest BCUT2D eigenvalue weighted by molar-refractivity contribution is 5.91. The Labute approximate surface area is 161 Å². The molecule has 1 saturated carbocycles. The molecule has 6 heteroatoms. The molecule has 2 aliphatic heterocycles. The Bertz CT molecular complexity index is 621. The monoisotopic (exact) mass is 373 g/mol. The lowest BCUT2D eigenvalue weighted by Crippen LogP contribution is -2.50. The van der Waals surface area contributed by atoms with Crippen LogP contribution in [0.3, 0.4) is 0 Å². The third-order valence-corrected chi connectivity index (χ3v) is 5.70. The molecular weight excluding hydrogens is 342 g/mol. The van der Waals surface area contributed by atoms with E-state index in [-0.39, 0.29) is 12.1 Å². The van der Waals surface area contributed by atoms with Gasteiger partial charge >= 0.3 is 6.03 Å². The Morgan fingerprint density at radius 1 is 1.11 bits per heavy atom. The maximum atomic E-state index is 12.7. The van der Waals surface area contributed by atoms with Crippen LogP contribution in [0.25, 0.3) is 0 Å². The van der Waals surface area contributed by atoms with E-state index in [4.69, 9.17) is 9.47 Å². The van der Waals surface area contributed by atoms with Gasteiger partial charge in [0.05, 0.1) is 11.8 Å². The van der Waals surface area contributed by atoms with Crippen molar-refractivity contribution >= 4 is 11.7 Å². The number of nitrogens with one attached hydrogen (secondary N) is 1. The molecule has 148 valence electrons. The van der Waals surface area contributed by atoms with Gasteiger partial charge in [-0.15, -0.1) is 0 Å². The summed E-state index contributed by atoms with van der Waals surface area (Å²) < 4.78 is 11.7. The first-order valence-electron chi connectivity index (χ1n) is 10.4. The van der Waals surface area contributed by atoms with E-state index in [1.165, 1.54) is 25.8 Å². The van der Waals surface area contributed by atoms with Gasteiger partial charge in [-0.1, -0.05) is 12.1 Å². The predicted octanol–water partition coefficient (Wildman–Crippen LogP) is 3.19. The summed E-state index contributed by atoms with van der Waals surface area (Å²) in [6.07, 6.45) is 6.28. The number of carbonyl (C=O) groups is 1. The summed E-state index contributed by atoms with van der Waals surface area (Å²) in [6, 6.07) is 7.63. The minimum Gasteiger partial charge on any atom is -0.489 e. The summed E-state index contributed by atoms with van der Waals surface area (Å²) in [5.74, 6) is 1.62. The van der Waals surface area contributed by atoms with Gasteiger partial charge in [-0.25, -0.2) is 4.79 Å². The Kier molecular flexibility index (Phi) is 6.14. The molecule has 1 atom stereocenters. The second kappa shape index (κ2) is 8.93. The van der Waals surface area contributed by atoms with E-state index in [1.807, 2.05) is 29.2 Å². The third-order valence-electron chi connectivity index (χ3n) is 5.70. The zero-order valence-corrected chi connectivity index (χ0v) is 16.1. The molecule has 0 radical (unpaired) electrons. The van der Waals surface area contributed by atoms with Crippen molar-refractivity contribution < 1.29 is 14.3 Å². The molecule has 3 aliphatic rings. The number of urea groups is 1. The molecule has 2 saturated heterocycles. The van der Waals surface area contributed by atoms with Crippen LogP contribution < -0.4 is 10.1 Å². The highest BCUT2D eigenvalue weighted by Gasteiger charge is 2.27. The lowest BCUT2D eigenvalue weighted by atomic mass is 10.1. The molecule has 1 aromatic rings. The first kappa shape index (κ1) is 18.6. The molecule has 2 heterocycles. The van der Waals surface area contributed by atoms with Crippen molar-refractivity contribution in [2.75, 3.05) is 51.3 Å². The SMILES string of the molecule is O=C(Nc1ccccc1OCC1CCCCO1)N1CCN(CC2CC2)CC1. The van der Waals surface area contributed by atoms with Gasteiger partial charge in [0, 0.05) is 39.3 Å². The van der Waals surface area contributed by atoms with Gasteiger partial charge in [0.1, 0.15) is 12.4 Å². The van der Waals surface area contributed by atoms with Crippen LogP contribution in [0.1, 0.15) is 32.1 Å². The van der Waals surface area contributed by atoms with Gasteiger partial charge in [0.25, 0.3) is 0 Å². The maximum absolute atomic E-state index is 12.7. The first-order chi connectivity index (χ1) is 13.3. The van der Waals surface area contributed by atoms with Gasteiger partial charge in [0.15, 0.2) is 0 Å². The smallest absolute Gasteiger partial charge is 0.322 e. The summed E-state index contributed by atoms with van der Waals surface area (Å²) in [6.45, 7) is 6.08. The predicted molar refractivity (Wildman–Crippen MR) is 105 cm³/mol. The lowest BCUT2D eigenvalue weighted by Gasteiger charge is -2.34. The average molecular weight is 373 g/mol. The molecule has 1 aromatic carbocycles. The lowest BCUT2D eigenvalue weighted by molar-refractivity contribution is -0.0109. The van der Waals surface area contributed by atoms with E-state index < -0.39 is 0 Å². The molecule has 27 heavy (non-hydrogen) atoms. The fraction of sp³-hybridized carbons (Fsp3) is 0.667. The number of amides is 2. The summed E-state index contributed by atoms with van der Waals surface area (Å²) in [4.78, 5) is 17.1. The molecular formula is C21H31N3O3. The van der Waals surface area contributed by atoms with Crippen LogP contribution in [0.2, 0.25) is 0 Å². The first-order valence-corrected chi connectivity index (χ1v) is 10.4. The minimum absolute atomic E-state index is 0.0361. The maximum Gasteiger partial charge on any atom is 0.322 e. The van der Waals surface area contributed by atoms with E-state index in [9.17, 15) is 4.79 Å².